The Morgan fingerprint density at radius 3 is 1.19 bits per heavy atom. The fraction of sp³-hybridized carbons (Fsp3) is 0.111. The number of nitrogens with zero attached hydrogens (tertiary/aromatic N) is 2. The van der Waals surface area contributed by atoms with E-state index >= 15 is 0 Å². The molecule has 0 aliphatic carbocycles. The minimum absolute atomic E-state index is 0.497. The van der Waals surface area contributed by atoms with E-state index in [0.717, 1.165) is 45.1 Å². The number of hydrogen-bond acceptors (Lipinski definition) is 6. The van der Waals surface area contributed by atoms with Crippen LogP contribution in [-0.4, -0.2) is 24.2 Å². The lowest BCUT2D eigenvalue weighted by molar-refractivity contribution is 0.306. The molecule has 0 saturated carbocycles. The van der Waals surface area contributed by atoms with Gasteiger partial charge in [0.2, 0.25) is 0 Å². The van der Waals surface area contributed by atoms with E-state index < -0.39 is 0 Å². The van der Waals surface area contributed by atoms with Crippen molar-refractivity contribution >= 4 is 11.0 Å². The van der Waals surface area contributed by atoms with Crippen LogP contribution in [0.4, 0.5) is 0 Å². The Hall–Kier alpha value is -5.36. The van der Waals surface area contributed by atoms with Crippen molar-refractivity contribution in [3.8, 4) is 45.5 Å². The first kappa shape index (κ1) is 26.8. The van der Waals surface area contributed by atoms with Gasteiger partial charge >= 0.3 is 0 Å². The van der Waals surface area contributed by atoms with Crippen molar-refractivity contribution in [1.82, 2.24) is 9.97 Å². The van der Waals surface area contributed by atoms with Crippen molar-refractivity contribution in [3.05, 3.63) is 132 Å². The lowest BCUT2D eigenvalue weighted by atomic mass is 10.0. The Bertz CT molecular complexity index is 1640. The van der Waals surface area contributed by atoms with Gasteiger partial charge in [0.1, 0.15) is 47.2 Å². The van der Waals surface area contributed by atoms with E-state index in [-0.39, 0.29) is 0 Å². The second-order valence-corrected chi connectivity index (χ2v) is 9.69. The van der Waals surface area contributed by atoms with Gasteiger partial charge in [0.05, 0.1) is 25.6 Å². The SMILES string of the molecule is COc1ccc(OC)c2nc(-c3ccc(OCc4ccccc4)cc3)c(-c3ccc(OCc4ccccc4)cc3)nc12. The summed E-state index contributed by atoms with van der Waals surface area (Å²) in [7, 11) is 3.26. The Balaban J connectivity index is 1.35. The molecule has 208 valence electrons. The molecule has 42 heavy (non-hydrogen) atoms. The first-order valence-electron chi connectivity index (χ1n) is 13.7. The zero-order valence-electron chi connectivity index (χ0n) is 23.5. The first-order chi connectivity index (χ1) is 20.7. The van der Waals surface area contributed by atoms with Crippen LogP contribution < -0.4 is 18.9 Å². The number of fused-ring (bicyclic) bond motifs is 1. The van der Waals surface area contributed by atoms with Crippen LogP contribution in [0.1, 0.15) is 11.1 Å². The standard InChI is InChI=1S/C36H30N2O4/c1-39-31-21-22-32(40-2)36-35(31)37-33(27-13-17-29(18-14-27)41-23-25-9-5-3-6-10-25)34(38-36)28-15-19-30(20-16-28)42-24-26-11-7-4-8-12-26/h3-22H,23-24H2,1-2H3. The number of ether oxygens (including phenoxy) is 4. The fourth-order valence-electron chi connectivity index (χ4n) is 4.72. The van der Waals surface area contributed by atoms with Gasteiger partial charge in [-0.3, -0.25) is 0 Å². The van der Waals surface area contributed by atoms with Crippen LogP contribution in [0, 0.1) is 0 Å². The van der Waals surface area contributed by atoms with E-state index in [2.05, 4.69) is 0 Å². The average molecular weight is 555 g/mol. The molecule has 0 fully saturated rings. The molecule has 0 aliphatic rings. The van der Waals surface area contributed by atoms with Gasteiger partial charge in [-0.1, -0.05) is 60.7 Å². The molecule has 6 rings (SSSR count). The van der Waals surface area contributed by atoms with Gasteiger partial charge in [-0.05, 0) is 71.8 Å². The summed E-state index contributed by atoms with van der Waals surface area (Å²) in [6, 6.07) is 39.7. The molecule has 0 bridgehead atoms. The minimum atomic E-state index is 0.497. The predicted octanol–water partition coefficient (Wildman–Crippen LogP) is 8.14. The summed E-state index contributed by atoms with van der Waals surface area (Å²) >= 11 is 0. The maximum Gasteiger partial charge on any atom is 0.147 e. The average Bonchev–Trinajstić information content (AvgIpc) is 3.06. The molecule has 1 heterocycles. The molecule has 0 unspecified atom stereocenters. The van der Waals surface area contributed by atoms with Crippen molar-refractivity contribution < 1.29 is 18.9 Å². The third-order valence-corrected chi connectivity index (χ3v) is 6.94. The van der Waals surface area contributed by atoms with Gasteiger partial charge in [0.25, 0.3) is 0 Å². The minimum Gasteiger partial charge on any atom is -0.494 e. The van der Waals surface area contributed by atoms with Crippen LogP contribution in [0.5, 0.6) is 23.0 Å². The second-order valence-electron chi connectivity index (χ2n) is 9.69. The summed E-state index contributed by atoms with van der Waals surface area (Å²) in [6.45, 7) is 0.994. The third-order valence-electron chi connectivity index (χ3n) is 6.94. The number of methoxy groups -OCH3 is 2. The van der Waals surface area contributed by atoms with E-state index in [1.165, 1.54) is 0 Å². The molecule has 6 heteroatoms. The molecule has 0 N–H and O–H groups in total. The Morgan fingerprint density at radius 2 is 0.833 bits per heavy atom. The van der Waals surface area contributed by atoms with Crippen LogP contribution in [0.15, 0.2) is 121 Å². The summed E-state index contributed by atoms with van der Waals surface area (Å²) < 4.78 is 23.3. The van der Waals surface area contributed by atoms with Crippen molar-refractivity contribution in [1.29, 1.82) is 0 Å². The summed E-state index contributed by atoms with van der Waals surface area (Å²) in [4.78, 5) is 10.2. The van der Waals surface area contributed by atoms with Crippen LogP contribution in [-0.2, 0) is 13.2 Å². The number of hydrogen-bond donors (Lipinski definition) is 0. The molecule has 5 aromatic carbocycles. The Labute approximate surface area is 245 Å². The number of benzene rings is 5. The highest BCUT2D eigenvalue weighted by Crippen LogP contribution is 2.38. The molecule has 0 aliphatic heterocycles. The summed E-state index contributed by atoms with van der Waals surface area (Å²) in [5, 5.41) is 0. The highest BCUT2D eigenvalue weighted by molar-refractivity contribution is 5.92. The van der Waals surface area contributed by atoms with Gasteiger partial charge in [-0.2, -0.15) is 0 Å². The van der Waals surface area contributed by atoms with Crippen LogP contribution >= 0.6 is 0 Å². The van der Waals surface area contributed by atoms with E-state index in [0.29, 0.717) is 35.7 Å². The maximum absolute atomic E-state index is 6.02. The molecule has 6 nitrogen and oxygen atoms in total. The van der Waals surface area contributed by atoms with Gasteiger partial charge in [-0.25, -0.2) is 9.97 Å². The monoisotopic (exact) mass is 554 g/mol. The third kappa shape index (κ3) is 5.88. The van der Waals surface area contributed by atoms with Crippen LogP contribution in [0.3, 0.4) is 0 Å². The second kappa shape index (κ2) is 12.4. The molecule has 0 atom stereocenters. The summed E-state index contributed by atoms with van der Waals surface area (Å²) in [5.41, 5.74) is 6.73. The molecule has 0 amide bonds. The van der Waals surface area contributed by atoms with Gasteiger partial charge in [-0.15, -0.1) is 0 Å². The first-order valence-corrected chi connectivity index (χ1v) is 13.7. The molecule has 0 spiro atoms. The van der Waals surface area contributed by atoms with E-state index in [1.807, 2.05) is 121 Å². The van der Waals surface area contributed by atoms with Crippen LogP contribution in [0.25, 0.3) is 33.5 Å². The summed E-state index contributed by atoms with van der Waals surface area (Å²) in [5.74, 6) is 2.80. The van der Waals surface area contributed by atoms with Crippen molar-refractivity contribution in [3.63, 3.8) is 0 Å². The largest absolute Gasteiger partial charge is 0.494 e. The maximum atomic E-state index is 6.02. The van der Waals surface area contributed by atoms with Crippen LogP contribution in [0.2, 0.25) is 0 Å². The molecule has 0 radical (unpaired) electrons. The lowest BCUT2D eigenvalue weighted by Gasteiger charge is -2.15. The highest BCUT2D eigenvalue weighted by atomic mass is 16.5. The highest BCUT2D eigenvalue weighted by Gasteiger charge is 2.18. The molecule has 6 aromatic rings. The van der Waals surface area contributed by atoms with Crippen molar-refractivity contribution in [2.75, 3.05) is 14.2 Å². The van der Waals surface area contributed by atoms with Crippen molar-refractivity contribution in [2.24, 2.45) is 0 Å². The van der Waals surface area contributed by atoms with Crippen molar-refractivity contribution in [2.45, 2.75) is 13.2 Å². The number of aromatic nitrogens is 2. The zero-order chi connectivity index (χ0) is 28.7. The molecule has 0 saturated heterocycles. The van der Waals surface area contributed by atoms with E-state index in [1.54, 1.807) is 14.2 Å². The predicted molar refractivity (Wildman–Crippen MR) is 165 cm³/mol. The van der Waals surface area contributed by atoms with Gasteiger partial charge < -0.3 is 18.9 Å². The normalized spacial score (nSPS) is 10.8. The quantitative estimate of drug-likeness (QED) is 0.170. The summed E-state index contributed by atoms with van der Waals surface area (Å²) in [6.07, 6.45) is 0. The Morgan fingerprint density at radius 1 is 0.452 bits per heavy atom. The molecular weight excluding hydrogens is 524 g/mol. The Kier molecular flexibility index (Phi) is 7.95. The zero-order valence-corrected chi connectivity index (χ0v) is 23.5. The fourth-order valence-corrected chi connectivity index (χ4v) is 4.72. The smallest absolute Gasteiger partial charge is 0.147 e. The lowest BCUT2D eigenvalue weighted by Crippen LogP contribution is -2.00. The molecular formula is C36H30N2O4. The van der Waals surface area contributed by atoms with Gasteiger partial charge in [0.15, 0.2) is 0 Å². The molecule has 1 aromatic heterocycles. The topological polar surface area (TPSA) is 62.7 Å². The van der Waals surface area contributed by atoms with Gasteiger partial charge in [0, 0.05) is 11.1 Å². The van der Waals surface area contributed by atoms with E-state index in [4.69, 9.17) is 28.9 Å². The van der Waals surface area contributed by atoms with E-state index in [9.17, 15) is 0 Å². The number of rotatable bonds is 10.